The largest absolute Gasteiger partial charge is 0.444 e. The predicted octanol–water partition coefficient (Wildman–Crippen LogP) is 7.70. The zero-order valence-corrected chi connectivity index (χ0v) is 26.4. The van der Waals surface area contributed by atoms with Crippen molar-refractivity contribution in [2.45, 2.75) is 92.3 Å². The van der Waals surface area contributed by atoms with Crippen LogP contribution in [0.1, 0.15) is 83.5 Å². The second kappa shape index (κ2) is 14.3. The van der Waals surface area contributed by atoms with Crippen LogP contribution in [0.2, 0.25) is 0 Å². The number of benzene rings is 3. The summed E-state index contributed by atoms with van der Waals surface area (Å²) in [7, 11) is 0. The smallest absolute Gasteiger partial charge is 0.408 e. The van der Waals surface area contributed by atoms with E-state index in [9.17, 15) is 14.4 Å². The molecule has 2 atom stereocenters. The van der Waals surface area contributed by atoms with Crippen LogP contribution < -0.4 is 10.6 Å². The van der Waals surface area contributed by atoms with Crippen LogP contribution in [0, 0.1) is 19.8 Å². The minimum Gasteiger partial charge on any atom is -0.444 e. The van der Waals surface area contributed by atoms with Gasteiger partial charge in [0.1, 0.15) is 17.7 Å². The molecule has 3 rings (SSSR count). The average Bonchev–Trinajstić information content (AvgIpc) is 2.91. The molecule has 2 N–H and O–H groups in total. The Kier molecular flexibility index (Phi) is 11.1. The van der Waals surface area contributed by atoms with Gasteiger partial charge < -0.3 is 20.3 Å². The maximum absolute atomic E-state index is 14.4. The molecule has 0 saturated carbocycles. The maximum Gasteiger partial charge on any atom is 0.408 e. The summed E-state index contributed by atoms with van der Waals surface area (Å²) in [5.74, 6) is -0.850. The molecule has 42 heavy (non-hydrogen) atoms. The Labute approximate surface area is 251 Å². The van der Waals surface area contributed by atoms with Gasteiger partial charge in [0.25, 0.3) is 5.91 Å². The number of unbranched alkanes of at least 4 members (excludes halogenated alkanes) is 2. The highest BCUT2D eigenvalue weighted by Crippen LogP contribution is 2.30. The van der Waals surface area contributed by atoms with Crippen molar-refractivity contribution in [1.29, 1.82) is 0 Å². The summed E-state index contributed by atoms with van der Waals surface area (Å²) in [6, 6.07) is 18.0. The van der Waals surface area contributed by atoms with Crippen LogP contribution >= 0.6 is 0 Å². The van der Waals surface area contributed by atoms with Crippen LogP contribution in [-0.4, -0.2) is 41.0 Å². The number of nitrogens with zero attached hydrogens (tertiary/aromatic N) is 1. The number of amides is 3. The van der Waals surface area contributed by atoms with Gasteiger partial charge in [0.15, 0.2) is 0 Å². The number of carbonyl (C=O) groups is 3. The molecule has 0 heterocycles. The molecule has 0 aliphatic heterocycles. The predicted molar refractivity (Wildman–Crippen MR) is 170 cm³/mol. The topological polar surface area (TPSA) is 87.7 Å². The van der Waals surface area contributed by atoms with E-state index in [1.165, 1.54) is 0 Å². The van der Waals surface area contributed by atoms with E-state index in [0.717, 1.165) is 46.7 Å². The van der Waals surface area contributed by atoms with Crippen LogP contribution in [0.3, 0.4) is 0 Å². The normalized spacial score (nSPS) is 13.0. The molecule has 0 aliphatic carbocycles. The standard InChI is InChI=1S/C35H47N3O4/c1-9-10-13-20-38(33(40)30(23(2)3)37-34(41)42-35(6,7)8)31(29-21-24(4)16-17-25(29)5)32(39)36-28-19-18-26-14-11-12-15-27(26)22-28/h11-12,14-19,21-23,30-31H,9-10,13,20H2,1-8H3,(H,36,39)(H,37,41). The summed E-state index contributed by atoms with van der Waals surface area (Å²) in [5, 5.41) is 7.99. The van der Waals surface area contributed by atoms with E-state index >= 15 is 0 Å². The van der Waals surface area contributed by atoms with Gasteiger partial charge in [0.05, 0.1) is 0 Å². The van der Waals surface area contributed by atoms with E-state index in [-0.39, 0.29) is 17.7 Å². The lowest BCUT2D eigenvalue weighted by Crippen LogP contribution is -2.54. The maximum atomic E-state index is 14.4. The zero-order chi connectivity index (χ0) is 31.0. The first-order valence-electron chi connectivity index (χ1n) is 15.0. The lowest BCUT2D eigenvalue weighted by Gasteiger charge is -2.36. The highest BCUT2D eigenvalue weighted by molar-refractivity contribution is 6.00. The third kappa shape index (κ3) is 8.81. The number of alkyl carbamates (subject to hydrolysis) is 1. The lowest BCUT2D eigenvalue weighted by atomic mass is 9.94. The first-order chi connectivity index (χ1) is 19.8. The fraction of sp³-hybridized carbons (Fsp3) is 0.457. The molecule has 0 radical (unpaired) electrons. The number of aryl methyl sites for hydroxylation is 2. The molecule has 7 heteroatoms. The highest BCUT2D eigenvalue weighted by Gasteiger charge is 2.38. The van der Waals surface area contributed by atoms with Crippen molar-refractivity contribution < 1.29 is 19.1 Å². The van der Waals surface area contributed by atoms with Gasteiger partial charge in [0.2, 0.25) is 5.91 Å². The van der Waals surface area contributed by atoms with Crippen LogP contribution in [0.25, 0.3) is 10.8 Å². The minimum atomic E-state index is -0.901. The Morgan fingerprint density at radius 2 is 1.60 bits per heavy atom. The number of carbonyl (C=O) groups excluding carboxylic acids is 3. The molecular formula is C35H47N3O4. The lowest BCUT2D eigenvalue weighted by molar-refractivity contribution is -0.141. The van der Waals surface area contributed by atoms with Crippen molar-refractivity contribution in [3.63, 3.8) is 0 Å². The number of fused-ring (bicyclic) bond motifs is 1. The van der Waals surface area contributed by atoms with Gasteiger partial charge >= 0.3 is 6.09 Å². The minimum absolute atomic E-state index is 0.235. The van der Waals surface area contributed by atoms with Crippen LogP contribution in [0.15, 0.2) is 60.7 Å². The Morgan fingerprint density at radius 3 is 2.24 bits per heavy atom. The van der Waals surface area contributed by atoms with Gasteiger partial charge in [-0.3, -0.25) is 9.59 Å². The summed E-state index contributed by atoms with van der Waals surface area (Å²) in [5.41, 5.74) is 2.61. The molecule has 0 aromatic heterocycles. The molecular weight excluding hydrogens is 526 g/mol. The number of hydrogen-bond acceptors (Lipinski definition) is 4. The van der Waals surface area contributed by atoms with E-state index in [2.05, 4.69) is 17.6 Å². The summed E-state index contributed by atoms with van der Waals surface area (Å²) in [6.45, 7) is 15.5. The summed E-state index contributed by atoms with van der Waals surface area (Å²) < 4.78 is 5.49. The fourth-order valence-corrected chi connectivity index (χ4v) is 5.01. The van der Waals surface area contributed by atoms with E-state index in [1.807, 2.05) is 88.4 Å². The molecule has 3 aromatic rings. The molecule has 3 amide bonds. The molecule has 226 valence electrons. The fourth-order valence-electron chi connectivity index (χ4n) is 5.01. The molecule has 3 aromatic carbocycles. The third-order valence-corrected chi connectivity index (χ3v) is 7.20. The van der Waals surface area contributed by atoms with Crippen molar-refractivity contribution >= 4 is 34.4 Å². The van der Waals surface area contributed by atoms with E-state index in [4.69, 9.17) is 4.74 Å². The summed E-state index contributed by atoms with van der Waals surface area (Å²) in [6.07, 6.45) is 1.93. The Bertz CT molecular complexity index is 1390. The summed E-state index contributed by atoms with van der Waals surface area (Å²) in [4.78, 5) is 43.1. The molecule has 0 bridgehead atoms. The molecule has 0 aliphatic rings. The summed E-state index contributed by atoms with van der Waals surface area (Å²) >= 11 is 0. The molecule has 0 spiro atoms. The van der Waals surface area contributed by atoms with Crippen molar-refractivity contribution in [3.05, 3.63) is 77.4 Å². The number of rotatable bonds is 11. The quantitative estimate of drug-likeness (QED) is 0.230. The Morgan fingerprint density at radius 1 is 0.905 bits per heavy atom. The Balaban J connectivity index is 2.07. The zero-order valence-electron chi connectivity index (χ0n) is 26.4. The molecule has 0 fully saturated rings. The van der Waals surface area contributed by atoms with Crippen LogP contribution in [-0.2, 0) is 14.3 Å². The van der Waals surface area contributed by atoms with E-state index in [1.54, 1.807) is 25.7 Å². The van der Waals surface area contributed by atoms with Crippen LogP contribution in [0.5, 0.6) is 0 Å². The van der Waals surface area contributed by atoms with Gasteiger partial charge in [-0.2, -0.15) is 0 Å². The number of ether oxygens (including phenoxy) is 1. The second-order valence-corrected chi connectivity index (χ2v) is 12.4. The van der Waals surface area contributed by atoms with Gasteiger partial charge in [0, 0.05) is 12.2 Å². The van der Waals surface area contributed by atoms with Gasteiger partial charge in [-0.05, 0) is 81.0 Å². The third-order valence-electron chi connectivity index (χ3n) is 7.20. The Hall–Kier alpha value is -3.87. The second-order valence-electron chi connectivity index (χ2n) is 12.4. The van der Waals surface area contributed by atoms with Crippen LogP contribution in [0.4, 0.5) is 10.5 Å². The monoisotopic (exact) mass is 573 g/mol. The first-order valence-corrected chi connectivity index (χ1v) is 15.0. The van der Waals surface area contributed by atoms with Crippen molar-refractivity contribution in [2.75, 3.05) is 11.9 Å². The van der Waals surface area contributed by atoms with Crippen molar-refractivity contribution in [3.8, 4) is 0 Å². The molecule has 0 saturated heterocycles. The molecule has 7 nitrogen and oxygen atoms in total. The van der Waals surface area contributed by atoms with Gasteiger partial charge in [-0.15, -0.1) is 0 Å². The number of nitrogens with one attached hydrogen (secondary N) is 2. The van der Waals surface area contributed by atoms with E-state index < -0.39 is 23.8 Å². The first kappa shape index (κ1) is 32.6. The number of anilines is 1. The van der Waals surface area contributed by atoms with Crippen molar-refractivity contribution in [1.82, 2.24) is 10.2 Å². The van der Waals surface area contributed by atoms with E-state index in [0.29, 0.717) is 12.2 Å². The van der Waals surface area contributed by atoms with Gasteiger partial charge in [-0.1, -0.05) is 87.7 Å². The van der Waals surface area contributed by atoms with Gasteiger partial charge in [-0.25, -0.2) is 4.79 Å². The average molecular weight is 574 g/mol. The number of hydrogen-bond donors (Lipinski definition) is 2. The van der Waals surface area contributed by atoms with Crippen molar-refractivity contribution in [2.24, 2.45) is 5.92 Å². The molecule has 2 unspecified atom stereocenters. The highest BCUT2D eigenvalue weighted by atomic mass is 16.6. The SMILES string of the molecule is CCCCCN(C(=O)C(NC(=O)OC(C)(C)C)C(C)C)C(C(=O)Nc1ccc2ccccc2c1)c1cc(C)ccc1C.